The van der Waals surface area contributed by atoms with E-state index >= 15 is 0 Å². The van der Waals surface area contributed by atoms with E-state index in [1.807, 2.05) is 13.0 Å². The Hall–Kier alpha value is -0.830. The standard InChI is InChI=1S/C10H16O3/c1-3-13-10(12)8-4-7(2)5-9(11)6-8/h4,7,9,11H,3,5-6H2,1-2H3/t7-,9-/m1/s1. The number of rotatable bonds is 2. The van der Waals surface area contributed by atoms with E-state index in [-0.39, 0.29) is 18.0 Å². The van der Waals surface area contributed by atoms with Gasteiger partial charge in [-0.25, -0.2) is 4.79 Å². The van der Waals surface area contributed by atoms with Gasteiger partial charge in [-0.05, 0) is 19.3 Å². The molecule has 0 saturated heterocycles. The molecule has 0 spiro atoms. The van der Waals surface area contributed by atoms with E-state index in [2.05, 4.69) is 0 Å². The monoisotopic (exact) mass is 184 g/mol. The van der Waals surface area contributed by atoms with Gasteiger partial charge in [-0.3, -0.25) is 0 Å². The van der Waals surface area contributed by atoms with Gasteiger partial charge in [0.05, 0.1) is 12.7 Å². The Morgan fingerprint density at radius 1 is 1.77 bits per heavy atom. The fourth-order valence-corrected chi connectivity index (χ4v) is 1.62. The normalized spacial score (nSPS) is 28.1. The number of aliphatic hydroxyl groups excluding tert-OH is 1. The second kappa shape index (κ2) is 4.42. The maximum absolute atomic E-state index is 11.3. The Balaban J connectivity index is 2.62. The molecule has 13 heavy (non-hydrogen) atoms. The SMILES string of the molecule is CCOC(=O)C1=C[C@@H](C)C[C@@H](O)C1. The minimum atomic E-state index is -0.389. The molecular weight excluding hydrogens is 168 g/mol. The minimum absolute atomic E-state index is 0.267. The highest BCUT2D eigenvalue weighted by Crippen LogP contribution is 2.23. The summed E-state index contributed by atoms with van der Waals surface area (Å²) >= 11 is 0. The van der Waals surface area contributed by atoms with Gasteiger partial charge in [0.25, 0.3) is 0 Å². The first-order valence-corrected chi connectivity index (χ1v) is 4.69. The van der Waals surface area contributed by atoms with Crippen LogP contribution in [0, 0.1) is 5.92 Å². The van der Waals surface area contributed by atoms with Crippen LogP contribution in [0.15, 0.2) is 11.6 Å². The molecule has 0 fully saturated rings. The molecular formula is C10H16O3. The quantitative estimate of drug-likeness (QED) is 0.657. The number of carbonyl (C=O) groups excluding carboxylic acids is 1. The molecule has 1 N–H and O–H groups in total. The topological polar surface area (TPSA) is 46.5 Å². The van der Waals surface area contributed by atoms with Gasteiger partial charge in [0, 0.05) is 12.0 Å². The fourth-order valence-electron chi connectivity index (χ4n) is 1.62. The third-order valence-electron chi connectivity index (χ3n) is 2.12. The van der Waals surface area contributed by atoms with E-state index in [1.54, 1.807) is 6.92 Å². The van der Waals surface area contributed by atoms with Crippen LogP contribution in [0.4, 0.5) is 0 Å². The molecule has 74 valence electrons. The summed E-state index contributed by atoms with van der Waals surface area (Å²) in [5, 5.41) is 9.42. The van der Waals surface area contributed by atoms with Gasteiger partial charge < -0.3 is 9.84 Å². The van der Waals surface area contributed by atoms with Gasteiger partial charge in [0.15, 0.2) is 0 Å². The van der Waals surface area contributed by atoms with Crippen LogP contribution in [0.1, 0.15) is 26.7 Å². The van der Waals surface area contributed by atoms with E-state index < -0.39 is 0 Å². The molecule has 0 aliphatic heterocycles. The molecule has 3 nitrogen and oxygen atoms in total. The summed E-state index contributed by atoms with van der Waals surface area (Å²) in [5.74, 6) is -0.0174. The maximum Gasteiger partial charge on any atom is 0.333 e. The van der Waals surface area contributed by atoms with Crippen molar-refractivity contribution in [2.75, 3.05) is 6.61 Å². The fraction of sp³-hybridized carbons (Fsp3) is 0.700. The molecule has 3 heteroatoms. The number of allylic oxidation sites excluding steroid dienone is 1. The Kier molecular flexibility index (Phi) is 3.48. The number of esters is 1. The number of hydrogen-bond acceptors (Lipinski definition) is 3. The number of hydrogen-bond donors (Lipinski definition) is 1. The summed E-state index contributed by atoms with van der Waals surface area (Å²) in [7, 11) is 0. The summed E-state index contributed by atoms with van der Waals surface area (Å²) < 4.78 is 4.86. The van der Waals surface area contributed by atoms with E-state index in [4.69, 9.17) is 4.74 Å². The molecule has 0 aromatic carbocycles. The first-order chi connectivity index (χ1) is 6.13. The highest BCUT2D eigenvalue weighted by molar-refractivity contribution is 5.88. The second-order valence-corrected chi connectivity index (χ2v) is 3.48. The van der Waals surface area contributed by atoms with E-state index in [0.717, 1.165) is 6.42 Å². The lowest BCUT2D eigenvalue weighted by molar-refractivity contribution is -0.139. The largest absolute Gasteiger partial charge is 0.463 e. The second-order valence-electron chi connectivity index (χ2n) is 3.48. The van der Waals surface area contributed by atoms with Gasteiger partial charge in [0.2, 0.25) is 0 Å². The van der Waals surface area contributed by atoms with Crippen LogP contribution in [-0.2, 0) is 9.53 Å². The molecule has 1 aliphatic carbocycles. The van der Waals surface area contributed by atoms with Crippen molar-refractivity contribution in [3.63, 3.8) is 0 Å². The van der Waals surface area contributed by atoms with Crippen LogP contribution in [0.2, 0.25) is 0 Å². The summed E-state index contributed by atoms with van der Waals surface area (Å²) in [4.78, 5) is 11.3. The molecule has 0 saturated carbocycles. The van der Waals surface area contributed by atoms with Gasteiger partial charge in [-0.1, -0.05) is 13.0 Å². The van der Waals surface area contributed by atoms with Crippen LogP contribution < -0.4 is 0 Å². The Labute approximate surface area is 78.4 Å². The van der Waals surface area contributed by atoms with E-state index in [9.17, 15) is 9.90 Å². The molecule has 0 unspecified atom stereocenters. The van der Waals surface area contributed by atoms with Gasteiger partial charge >= 0.3 is 5.97 Å². The van der Waals surface area contributed by atoms with Crippen molar-refractivity contribution >= 4 is 5.97 Å². The highest BCUT2D eigenvalue weighted by Gasteiger charge is 2.22. The summed E-state index contributed by atoms with van der Waals surface area (Å²) in [6.07, 6.45) is 2.68. The molecule has 0 radical (unpaired) electrons. The average Bonchev–Trinajstić information content (AvgIpc) is 2.03. The van der Waals surface area contributed by atoms with Crippen LogP contribution >= 0.6 is 0 Å². The number of carbonyl (C=O) groups is 1. The first kappa shape index (κ1) is 10.3. The first-order valence-electron chi connectivity index (χ1n) is 4.69. The minimum Gasteiger partial charge on any atom is -0.463 e. The number of aliphatic hydroxyl groups is 1. The molecule has 1 aliphatic rings. The lowest BCUT2D eigenvalue weighted by atomic mass is 9.90. The predicted octanol–water partition coefficient (Wildman–Crippen LogP) is 1.27. The third kappa shape index (κ3) is 2.84. The van der Waals surface area contributed by atoms with E-state index in [0.29, 0.717) is 18.6 Å². The molecule has 0 bridgehead atoms. The van der Waals surface area contributed by atoms with Crippen LogP contribution in [0.25, 0.3) is 0 Å². The smallest absolute Gasteiger partial charge is 0.333 e. The Morgan fingerprint density at radius 3 is 3.00 bits per heavy atom. The molecule has 0 aromatic heterocycles. The third-order valence-corrected chi connectivity index (χ3v) is 2.12. The lowest BCUT2D eigenvalue weighted by Crippen LogP contribution is -2.22. The van der Waals surface area contributed by atoms with Crippen molar-refractivity contribution < 1.29 is 14.6 Å². The van der Waals surface area contributed by atoms with Gasteiger partial charge in [-0.2, -0.15) is 0 Å². The number of ether oxygens (including phenoxy) is 1. The summed E-state index contributed by atoms with van der Waals surface area (Å²) in [6, 6.07) is 0. The Morgan fingerprint density at radius 2 is 2.46 bits per heavy atom. The van der Waals surface area contributed by atoms with Gasteiger partial charge in [0.1, 0.15) is 0 Å². The maximum atomic E-state index is 11.3. The molecule has 0 amide bonds. The Bertz CT molecular complexity index is 220. The molecule has 0 aromatic rings. The predicted molar refractivity (Wildman–Crippen MR) is 49.1 cm³/mol. The van der Waals surface area contributed by atoms with Crippen LogP contribution in [0.5, 0.6) is 0 Å². The van der Waals surface area contributed by atoms with Crippen molar-refractivity contribution in [2.45, 2.75) is 32.8 Å². The molecule has 1 rings (SSSR count). The van der Waals surface area contributed by atoms with Crippen molar-refractivity contribution in [3.05, 3.63) is 11.6 Å². The zero-order valence-electron chi connectivity index (χ0n) is 8.12. The van der Waals surface area contributed by atoms with Crippen molar-refractivity contribution in [1.29, 1.82) is 0 Å². The van der Waals surface area contributed by atoms with Crippen LogP contribution in [-0.4, -0.2) is 23.8 Å². The van der Waals surface area contributed by atoms with Crippen molar-refractivity contribution in [2.24, 2.45) is 5.92 Å². The highest BCUT2D eigenvalue weighted by atomic mass is 16.5. The summed E-state index contributed by atoms with van der Waals surface area (Å²) in [6.45, 7) is 4.16. The zero-order chi connectivity index (χ0) is 9.84. The summed E-state index contributed by atoms with van der Waals surface area (Å²) in [5.41, 5.74) is 0.619. The van der Waals surface area contributed by atoms with Gasteiger partial charge in [-0.15, -0.1) is 0 Å². The molecule has 0 heterocycles. The average molecular weight is 184 g/mol. The zero-order valence-corrected chi connectivity index (χ0v) is 8.12. The lowest BCUT2D eigenvalue weighted by Gasteiger charge is -2.21. The van der Waals surface area contributed by atoms with Crippen molar-refractivity contribution in [1.82, 2.24) is 0 Å². The van der Waals surface area contributed by atoms with E-state index in [1.165, 1.54) is 0 Å². The van der Waals surface area contributed by atoms with Crippen molar-refractivity contribution in [3.8, 4) is 0 Å². The van der Waals surface area contributed by atoms with Crippen LogP contribution in [0.3, 0.4) is 0 Å². The molecule has 2 atom stereocenters.